The summed E-state index contributed by atoms with van der Waals surface area (Å²) >= 11 is 11.9. The summed E-state index contributed by atoms with van der Waals surface area (Å²) in [5, 5.41) is 10.7. The minimum Gasteiger partial charge on any atom is -0.385 e. The van der Waals surface area contributed by atoms with Crippen LogP contribution in [0.4, 0.5) is 0 Å². The Bertz CT molecular complexity index is 439. The van der Waals surface area contributed by atoms with Gasteiger partial charge in [-0.2, -0.15) is 0 Å². The number of carbonyl (C=O) groups is 1. The minimum absolute atomic E-state index is 0.0568. The summed E-state index contributed by atoms with van der Waals surface area (Å²) in [5.74, 6) is -0.254. The maximum Gasteiger partial charge on any atom is 0.193 e. The van der Waals surface area contributed by atoms with E-state index in [1.165, 1.54) is 6.42 Å². The fraction of sp³-hybridized carbons (Fsp3) is 0.500. The normalized spacial score (nSPS) is 18.6. The topological polar surface area (TPSA) is 37.3 Å². The lowest BCUT2D eigenvalue weighted by molar-refractivity contribution is 0.0535. The summed E-state index contributed by atoms with van der Waals surface area (Å²) in [6, 6.07) is 4.92. The maximum atomic E-state index is 12.2. The molecule has 1 aromatic carbocycles. The first-order chi connectivity index (χ1) is 8.61. The molecule has 1 aromatic rings. The zero-order valence-corrected chi connectivity index (χ0v) is 11.5. The van der Waals surface area contributed by atoms with E-state index in [0.29, 0.717) is 10.6 Å². The number of benzene rings is 1. The van der Waals surface area contributed by atoms with Crippen LogP contribution in [-0.2, 0) is 0 Å². The van der Waals surface area contributed by atoms with Crippen LogP contribution in [0.1, 0.15) is 42.5 Å². The van der Waals surface area contributed by atoms with Crippen LogP contribution in [0, 0.1) is 5.92 Å². The zero-order chi connectivity index (χ0) is 13.1. The van der Waals surface area contributed by atoms with Crippen LogP contribution in [0.15, 0.2) is 18.2 Å². The molecule has 1 unspecified atom stereocenters. The Morgan fingerprint density at radius 1 is 1.22 bits per heavy atom. The number of hydrogen-bond acceptors (Lipinski definition) is 2. The second-order valence-corrected chi connectivity index (χ2v) is 5.59. The second kappa shape index (κ2) is 6.05. The predicted octanol–water partition coefficient (Wildman–Crippen LogP) is 4.12. The van der Waals surface area contributed by atoms with E-state index in [2.05, 4.69) is 0 Å². The Morgan fingerprint density at radius 3 is 2.56 bits per heavy atom. The summed E-state index contributed by atoms with van der Waals surface area (Å²) < 4.78 is 0. The highest BCUT2D eigenvalue weighted by molar-refractivity contribution is 6.44. The quantitative estimate of drug-likeness (QED) is 0.849. The molecular formula is C14H16Cl2O2. The van der Waals surface area contributed by atoms with Crippen molar-refractivity contribution in [2.75, 3.05) is 0 Å². The molecule has 1 atom stereocenters. The first kappa shape index (κ1) is 13.9. The van der Waals surface area contributed by atoms with Gasteiger partial charge in [0.15, 0.2) is 5.78 Å². The highest BCUT2D eigenvalue weighted by atomic mass is 35.5. The van der Waals surface area contributed by atoms with Gasteiger partial charge in [-0.15, -0.1) is 0 Å². The van der Waals surface area contributed by atoms with Gasteiger partial charge in [0.1, 0.15) is 6.10 Å². The summed E-state index contributed by atoms with van der Waals surface area (Å²) in [7, 11) is 0. The number of aliphatic hydroxyl groups is 1. The predicted molar refractivity (Wildman–Crippen MR) is 73.4 cm³/mol. The maximum absolute atomic E-state index is 12.2. The van der Waals surface area contributed by atoms with Crippen molar-refractivity contribution in [3.63, 3.8) is 0 Å². The summed E-state index contributed by atoms with van der Waals surface area (Å²) in [5.41, 5.74) is 0.322. The van der Waals surface area contributed by atoms with Crippen LogP contribution in [0.25, 0.3) is 0 Å². The highest BCUT2D eigenvalue weighted by Gasteiger charge is 2.29. The van der Waals surface area contributed by atoms with Gasteiger partial charge in [0.05, 0.1) is 10.0 Å². The van der Waals surface area contributed by atoms with Crippen molar-refractivity contribution in [2.45, 2.75) is 38.2 Å². The van der Waals surface area contributed by atoms with Gasteiger partial charge in [0.2, 0.25) is 0 Å². The average molecular weight is 287 g/mol. The van der Waals surface area contributed by atoms with Gasteiger partial charge in [-0.05, 0) is 30.9 Å². The summed E-state index contributed by atoms with van der Waals surface area (Å²) in [6.45, 7) is 0. The number of Topliss-reactive ketones (excluding diaryl/α,β-unsaturated/α-hetero) is 1. The van der Waals surface area contributed by atoms with Gasteiger partial charge >= 0.3 is 0 Å². The molecule has 1 saturated carbocycles. The van der Waals surface area contributed by atoms with Crippen molar-refractivity contribution in [3.8, 4) is 0 Å². The van der Waals surface area contributed by atoms with Crippen molar-refractivity contribution in [1.82, 2.24) is 0 Å². The SMILES string of the molecule is O=C(c1cccc(Cl)c1Cl)C(O)C1CCCCC1. The van der Waals surface area contributed by atoms with E-state index in [1.807, 2.05) is 0 Å². The average Bonchev–Trinajstić information content (AvgIpc) is 2.41. The Hall–Kier alpha value is -0.570. The molecule has 2 rings (SSSR count). The van der Waals surface area contributed by atoms with Crippen LogP contribution in [0.5, 0.6) is 0 Å². The number of aliphatic hydroxyl groups excluding tert-OH is 1. The van der Waals surface area contributed by atoms with Crippen molar-refractivity contribution in [1.29, 1.82) is 0 Å². The molecule has 0 aliphatic heterocycles. The summed E-state index contributed by atoms with van der Waals surface area (Å²) in [4.78, 5) is 12.2. The fourth-order valence-electron chi connectivity index (χ4n) is 2.52. The molecule has 0 radical (unpaired) electrons. The van der Waals surface area contributed by atoms with Crippen molar-refractivity contribution in [3.05, 3.63) is 33.8 Å². The van der Waals surface area contributed by atoms with E-state index in [9.17, 15) is 9.90 Å². The smallest absolute Gasteiger partial charge is 0.193 e. The third kappa shape index (κ3) is 2.87. The van der Waals surface area contributed by atoms with Crippen molar-refractivity contribution < 1.29 is 9.90 Å². The Morgan fingerprint density at radius 2 is 1.89 bits per heavy atom. The second-order valence-electron chi connectivity index (χ2n) is 4.81. The molecule has 0 saturated heterocycles. The molecule has 1 N–H and O–H groups in total. The number of ketones is 1. The van der Waals surface area contributed by atoms with Crippen molar-refractivity contribution in [2.24, 2.45) is 5.92 Å². The van der Waals surface area contributed by atoms with Crippen molar-refractivity contribution >= 4 is 29.0 Å². The standard InChI is InChI=1S/C14H16Cl2O2/c15-11-8-4-7-10(12(11)16)14(18)13(17)9-5-2-1-3-6-9/h4,7-9,13,17H,1-3,5-6H2. The summed E-state index contributed by atoms with van der Waals surface area (Å²) in [6.07, 6.45) is 4.21. The first-order valence-corrected chi connectivity index (χ1v) is 7.03. The van der Waals surface area contributed by atoms with Gasteiger partial charge in [-0.3, -0.25) is 4.79 Å². The first-order valence-electron chi connectivity index (χ1n) is 6.27. The third-order valence-corrected chi connectivity index (χ3v) is 4.40. The molecular weight excluding hydrogens is 271 g/mol. The molecule has 1 aliphatic carbocycles. The molecule has 0 spiro atoms. The van der Waals surface area contributed by atoms with E-state index in [1.54, 1.807) is 18.2 Å². The molecule has 1 aliphatic rings. The van der Waals surface area contributed by atoms with Crippen LogP contribution in [-0.4, -0.2) is 17.0 Å². The molecule has 0 bridgehead atoms. The molecule has 0 aromatic heterocycles. The molecule has 1 fully saturated rings. The van der Waals surface area contributed by atoms with Gasteiger partial charge in [-0.1, -0.05) is 48.5 Å². The molecule has 2 nitrogen and oxygen atoms in total. The van der Waals surface area contributed by atoms with E-state index in [0.717, 1.165) is 25.7 Å². The minimum atomic E-state index is -0.957. The molecule has 0 heterocycles. The number of hydrogen-bond donors (Lipinski definition) is 1. The van der Waals surface area contributed by atoms with Gasteiger partial charge in [0, 0.05) is 5.56 Å². The lowest BCUT2D eigenvalue weighted by Gasteiger charge is -2.25. The fourth-order valence-corrected chi connectivity index (χ4v) is 2.91. The molecule has 0 amide bonds. The Labute approximate surface area is 117 Å². The van der Waals surface area contributed by atoms with E-state index in [-0.39, 0.29) is 16.7 Å². The lowest BCUT2D eigenvalue weighted by Crippen LogP contribution is -2.31. The Kier molecular flexibility index (Phi) is 4.66. The van der Waals surface area contributed by atoms with Crippen LogP contribution in [0.3, 0.4) is 0 Å². The van der Waals surface area contributed by atoms with Gasteiger partial charge in [-0.25, -0.2) is 0 Å². The third-order valence-electron chi connectivity index (χ3n) is 3.58. The van der Waals surface area contributed by atoms with Crippen LogP contribution < -0.4 is 0 Å². The largest absolute Gasteiger partial charge is 0.385 e. The molecule has 98 valence electrons. The van der Waals surface area contributed by atoms with Crippen LogP contribution in [0.2, 0.25) is 10.0 Å². The highest BCUT2D eigenvalue weighted by Crippen LogP contribution is 2.31. The monoisotopic (exact) mass is 286 g/mol. The van der Waals surface area contributed by atoms with Gasteiger partial charge < -0.3 is 5.11 Å². The van der Waals surface area contributed by atoms with E-state index >= 15 is 0 Å². The zero-order valence-electron chi connectivity index (χ0n) is 10.0. The molecule has 4 heteroatoms. The van der Waals surface area contributed by atoms with E-state index in [4.69, 9.17) is 23.2 Å². The van der Waals surface area contributed by atoms with E-state index < -0.39 is 6.10 Å². The number of carbonyl (C=O) groups excluding carboxylic acids is 1. The molecule has 18 heavy (non-hydrogen) atoms. The number of rotatable bonds is 3. The Balaban J connectivity index is 2.17. The van der Waals surface area contributed by atoms with Gasteiger partial charge in [0.25, 0.3) is 0 Å². The van der Waals surface area contributed by atoms with Crippen LogP contribution >= 0.6 is 23.2 Å². The number of halogens is 2. The lowest BCUT2D eigenvalue weighted by atomic mass is 9.82.